The molecule has 0 saturated carbocycles. The van der Waals surface area contributed by atoms with E-state index >= 15 is 0 Å². The monoisotopic (exact) mass is 225 g/mol. The molecule has 0 unspecified atom stereocenters. The predicted octanol–water partition coefficient (Wildman–Crippen LogP) is 2.39. The van der Waals surface area contributed by atoms with Crippen LogP contribution in [0.1, 0.15) is 18.6 Å². The minimum Gasteiger partial charge on any atom is -0.389 e. The molecule has 0 fully saturated rings. The number of aliphatic hydroxyl groups excluding tert-OH is 1. The van der Waals surface area contributed by atoms with E-state index < -0.39 is 0 Å². The van der Waals surface area contributed by atoms with Crippen molar-refractivity contribution in [2.45, 2.75) is 17.9 Å². The normalized spacial score (nSPS) is 13.1. The Labute approximate surface area is 96.3 Å². The van der Waals surface area contributed by atoms with Crippen LogP contribution < -0.4 is 0 Å². The lowest BCUT2D eigenvalue weighted by Crippen LogP contribution is -2.14. The van der Waals surface area contributed by atoms with Crippen LogP contribution in [-0.2, 0) is 0 Å². The van der Waals surface area contributed by atoms with Gasteiger partial charge < -0.3 is 10.0 Å². The number of nitrogens with zero attached hydrogens (tertiary/aromatic N) is 1. The molecular formula is C12H19NOS. The van der Waals surface area contributed by atoms with Crippen molar-refractivity contribution < 1.29 is 5.11 Å². The highest BCUT2D eigenvalue weighted by atomic mass is 32.2. The van der Waals surface area contributed by atoms with Crippen molar-refractivity contribution in [3.63, 3.8) is 0 Å². The van der Waals surface area contributed by atoms with Crippen molar-refractivity contribution in [3.05, 3.63) is 29.8 Å². The molecule has 1 N–H and O–H groups in total. The highest BCUT2D eigenvalue weighted by Crippen LogP contribution is 2.26. The first-order chi connectivity index (χ1) is 7.11. The van der Waals surface area contributed by atoms with Gasteiger partial charge in [0.15, 0.2) is 0 Å². The number of thioether (sulfide) groups is 1. The maximum atomic E-state index is 9.59. The van der Waals surface area contributed by atoms with Crippen LogP contribution in [0.15, 0.2) is 29.2 Å². The van der Waals surface area contributed by atoms with Crippen LogP contribution in [0.3, 0.4) is 0 Å². The lowest BCUT2D eigenvalue weighted by molar-refractivity contribution is 0.196. The quantitative estimate of drug-likeness (QED) is 0.778. The van der Waals surface area contributed by atoms with Gasteiger partial charge >= 0.3 is 0 Å². The molecule has 2 nitrogen and oxygen atoms in total. The van der Waals surface area contributed by atoms with Crippen molar-refractivity contribution in [1.82, 2.24) is 4.90 Å². The van der Waals surface area contributed by atoms with E-state index in [-0.39, 0.29) is 6.10 Å². The molecule has 0 spiro atoms. The Balaban J connectivity index is 2.59. The Morgan fingerprint density at radius 2 is 2.00 bits per heavy atom. The maximum absolute atomic E-state index is 9.59. The van der Waals surface area contributed by atoms with Gasteiger partial charge in [-0.05, 0) is 32.6 Å². The van der Waals surface area contributed by atoms with Crippen LogP contribution in [0.25, 0.3) is 0 Å². The van der Waals surface area contributed by atoms with E-state index in [0.717, 1.165) is 17.9 Å². The summed E-state index contributed by atoms with van der Waals surface area (Å²) in [5.74, 6) is 1.05. The zero-order valence-corrected chi connectivity index (χ0v) is 10.4. The van der Waals surface area contributed by atoms with Gasteiger partial charge in [0.25, 0.3) is 0 Å². The van der Waals surface area contributed by atoms with E-state index in [1.165, 1.54) is 4.90 Å². The van der Waals surface area contributed by atoms with Gasteiger partial charge in [-0.3, -0.25) is 0 Å². The zero-order valence-electron chi connectivity index (χ0n) is 9.60. The van der Waals surface area contributed by atoms with Crippen molar-refractivity contribution >= 4 is 11.8 Å². The number of aliphatic hydroxyl groups is 1. The first kappa shape index (κ1) is 12.6. The molecule has 0 radical (unpaired) electrons. The molecule has 1 aromatic carbocycles. The Bertz CT molecular complexity index is 299. The molecule has 1 atom stereocenters. The largest absolute Gasteiger partial charge is 0.389 e. The van der Waals surface area contributed by atoms with Gasteiger partial charge in [0.05, 0.1) is 6.10 Å². The fraction of sp³-hybridized carbons (Fsp3) is 0.500. The number of rotatable bonds is 5. The van der Waals surface area contributed by atoms with Gasteiger partial charge in [0, 0.05) is 17.2 Å². The molecule has 0 aliphatic rings. The fourth-order valence-corrected chi connectivity index (χ4v) is 2.55. The molecule has 1 aromatic rings. The van der Waals surface area contributed by atoms with Crippen LogP contribution in [0.2, 0.25) is 0 Å². The summed E-state index contributed by atoms with van der Waals surface area (Å²) in [4.78, 5) is 3.35. The fourth-order valence-electron chi connectivity index (χ4n) is 1.30. The summed E-state index contributed by atoms with van der Waals surface area (Å²) in [6.07, 6.45) is -0.381. The third-order valence-corrected chi connectivity index (χ3v) is 3.23. The molecule has 0 aliphatic heterocycles. The molecular weight excluding hydrogens is 206 g/mol. The van der Waals surface area contributed by atoms with Crippen LogP contribution in [0.4, 0.5) is 0 Å². The second-order valence-corrected chi connectivity index (χ2v) is 5.00. The van der Waals surface area contributed by atoms with Crippen LogP contribution >= 0.6 is 11.8 Å². The van der Waals surface area contributed by atoms with E-state index in [9.17, 15) is 5.11 Å². The molecule has 0 amide bonds. The molecule has 3 heteroatoms. The van der Waals surface area contributed by atoms with Gasteiger partial charge in [-0.1, -0.05) is 18.2 Å². The molecule has 84 valence electrons. The van der Waals surface area contributed by atoms with E-state index in [2.05, 4.69) is 25.1 Å². The summed E-state index contributed by atoms with van der Waals surface area (Å²) in [6, 6.07) is 8.05. The molecule has 0 aliphatic carbocycles. The second-order valence-electron chi connectivity index (χ2n) is 3.87. The molecule has 15 heavy (non-hydrogen) atoms. The summed E-state index contributed by atoms with van der Waals surface area (Å²) in [6.45, 7) is 2.87. The van der Waals surface area contributed by atoms with Gasteiger partial charge in [-0.2, -0.15) is 0 Å². The Kier molecular flexibility index (Phi) is 5.15. The highest BCUT2D eigenvalue weighted by Gasteiger charge is 2.06. The first-order valence-electron chi connectivity index (χ1n) is 5.16. The number of hydrogen-bond acceptors (Lipinski definition) is 3. The maximum Gasteiger partial charge on any atom is 0.0772 e. The first-order valence-corrected chi connectivity index (χ1v) is 6.14. The minimum atomic E-state index is -0.381. The van der Waals surface area contributed by atoms with Crippen molar-refractivity contribution in [2.75, 3.05) is 26.4 Å². The summed E-state index contributed by atoms with van der Waals surface area (Å²) < 4.78 is 0. The predicted molar refractivity (Wildman–Crippen MR) is 66.4 cm³/mol. The number of benzene rings is 1. The second kappa shape index (κ2) is 6.16. The average Bonchev–Trinajstić information content (AvgIpc) is 2.17. The van der Waals surface area contributed by atoms with Crippen LogP contribution in [-0.4, -0.2) is 36.4 Å². The van der Waals surface area contributed by atoms with Gasteiger partial charge in [-0.15, -0.1) is 11.8 Å². The Hall–Kier alpha value is -0.510. The van der Waals surface area contributed by atoms with Gasteiger partial charge in [0.1, 0.15) is 0 Å². The van der Waals surface area contributed by atoms with E-state index in [1.54, 1.807) is 11.8 Å². The Morgan fingerprint density at radius 3 is 2.60 bits per heavy atom. The van der Waals surface area contributed by atoms with Crippen molar-refractivity contribution in [3.8, 4) is 0 Å². The lowest BCUT2D eigenvalue weighted by Gasteiger charge is -2.13. The average molecular weight is 225 g/mol. The molecule has 0 aromatic heterocycles. The van der Waals surface area contributed by atoms with Crippen molar-refractivity contribution in [1.29, 1.82) is 0 Å². The number of hydrogen-bond donors (Lipinski definition) is 1. The Morgan fingerprint density at radius 1 is 1.33 bits per heavy atom. The van der Waals surface area contributed by atoms with E-state index in [4.69, 9.17) is 0 Å². The van der Waals surface area contributed by atoms with Crippen LogP contribution in [0.5, 0.6) is 0 Å². The van der Waals surface area contributed by atoms with Gasteiger partial charge in [0.2, 0.25) is 0 Å². The minimum absolute atomic E-state index is 0.381. The third-order valence-electron chi connectivity index (χ3n) is 2.17. The third kappa shape index (κ3) is 4.24. The zero-order chi connectivity index (χ0) is 11.3. The molecule has 0 saturated heterocycles. The summed E-state index contributed by atoms with van der Waals surface area (Å²) in [5, 5.41) is 9.59. The molecule has 0 bridgehead atoms. The van der Waals surface area contributed by atoms with E-state index in [0.29, 0.717) is 0 Å². The molecule has 0 heterocycles. The van der Waals surface area contributed by atoms with E-state index in [1.807, 2.05) is 25.1 Å². The van der Waals surface area contributed by atoms with Crippen molar-refractivity contribution in [2.24, 2.45) is 0 Å². The van der Waals surface area contributed by atoms with Crippen LogP contribution in [0, 0.1) is 0 Å². The molecule has 1 rings (SSSR count). The highest BCUT2D eigenvalue weighted by molar-refractivity contribution is 7.99. The SMILES string of the molecule is C[C@@H](O)c1ccccc1SCCN(C)C. The standard InChI is InChI=1S/C12H19NOS/c1-10(14)11-6-4-5-7-12(11)15-9-8-13(2)3/h4-7,10,14H,8-9H2,1-3H3/t10-/m1/s1. The smallest absolute Gasteiger partial charge is 0.0772 e. The summed E-state index contributed by atoms with van der Waals surface area (Å²) in [5.41, 5.74) is 1.03. The summed E-state index contributed by atoms with van der Waals surface area (Å²) in [7, 11) is 4.14. The lowest BCUT2D eigenvalue weighted by atomic mass is 10.1. The topological polar surface area (TPSA) is 23.5 Å². The van der Waals surface area contributed by atoms with Gasteiger partial charge in [-0.25, -0.2) is 0 Å². The summed E-state index contributed by atoms with van der Waals surface area (Å²) >= 11 is 1.80.